The molecule has 0 aliphatic carbocycles. The summed E-state index contributed by atoms with van der Waals surface area (Å²) in [5, 5.41) is 4.32. The summed E-state index contributed by atoms with van der Waals surface area (Å²) in [6, 6.07) is 0. The summed E-state index contributed by atoms with van der Waals surface area (Å²) in [5.41, 5.74) is 2.59. The van der Waals surface area contributed by atoms with Gasteiger partial charge in [0.2, 0.25) is 0 Å². The average molecular weight is 190 g/mol. The molecule has 0 aromatic carbocycles. The lowest BCUT2D eigenvalue weighted by molar-refractivity contribution is 1.71. The van der Waals surface area contributed by atoms with Crippen LogP contribution in [0.2, 0.25) is 0 Å². The predicted octanol–water partition coefficient (Wildman–Crippen LogP) is 4.37. The Labute approximate surface area is 83.9 Å². The Balaban J connectivity index is 2.81. The minimum absolute atomic E-state index is 1.29. The van der Waals surface area contributed by atoms with Gasteiger partial charge in [-0.2, -0.15) is 11.3 Å². The third kappa shape index (κ3) is 3.03. The van der Waals surface area contributed by atoms with Gasteiger partial charge in [0.15, 0.2) is 0 Å². The molecule has 0 atom stereocenters. The Morgan fingerprint density at radius 2 is 1.62 bits per heavy atom. The summed E-state index contributed by atoms with van der Waals surface area (Å²) in [6.07, 6.45) is 12.5. The van der Waals surface area contributed by atoms with Crippen molar-refractivity contribution in [2.75, 3.05) is 0 Å². The van der Waals surface area contributed by atoms with E-state index in [0.717, 1.165) is 0 Å². The van der Waals surface area contributed by atoms with Crippen molar-refractivity contribution in [3.63, 3.8) is 0 Å². The topological polar surface area (TPSA) is 0 Å². The molecule has 13 heavy (non-hydrogen) atoms. The van der Waals surface area contributed by atoms with Gasteiger partial charge < -0.3 is 0 Å². The van der Waals surface area contributed by atoms with Gasteiger partial charge in [0.1, 0.15) is 0 Å². The van der Waals surface area contributed by atoms with Gasteiger partial charge in [-0.15, -0.1) is 0 Å². The van der Waals surface area contributed by atoms with E-state index < -0.39 is 0 Å². The Bertz CT molecular complexity index is 327. The quantitative estimate of drug-likeness (QED) is 0.621. The molecule has 0 N–H and O–H groups in total. The Hall–Kier alpha value is -1.08. The van der Waals surface area contributed by atoms with E-state index in [1.54, 1.807) is 11.3 Å². The van der Waals surface area contributed by atoms with E-state index in [1.807, 2.05) is 26.0 Å². The van der Waals surface area contributed by atoms with E-state index >= 15 is 0 Å². The second-order valence-corrected chi connectivity index (χ2v) is 3.41. The van der Waals surface area contributed by atoms with Crippen molar-refractivity contribution in [1.82, 2.24) is 0 Å². The molecular weight excluding hydrogens is 176 g/mol. The molecule has 0 amide bonds. The molecule has 0 saturated carbocycles. The lowest BCUT2D eigenvalue weighted by Crippen LogP contribution is -1.69. The molecule has 0 unspecified atom stereocenters. The molecule has 0 fully saturated rings. The van der Waals surface area contributed by atoms with E-state index in [2.05, 4.69) is 35.1 Å². The molecule has 1 rings (SSSR count). The summed E-state index contributed by atoms with van der Waals surface area (Å²) in [6.45, 7) is 4.06. The molecule has 1 heterocycles. The summed E-state index contributed by atoms with van der Waals surface area (Å²) in [5.74, 6) is 0. The molecule has 0 saturated heterocycles. The van der Waals surface area contributed by atoms with Crippen LogP contribution in [0.5, 0.6) is 0 Å². The van der Waals surface area contributed by atoms with Gasteiger partial charge in [0.05, 0.1) is 0 Å². The molecule has 68 valence electrons. The van der Waals surface area contributed by atoms with Crippen molar-refractivity contribution in [2.24, 2.45) is 0 Å². The Kier molecular flexibility index (Phi) is 4.27. The molecule has 1 heteroatoms. The van der Waals surface area contributed by atoms with Crippen LogP contribution in [-0.4, -0.2) is 0 Å². The van der Waals surface area contributed by atoms with Crippen LogP contribution in [0.25, 0.3) is 12.2 Å². The monoisotopic (exact) mass is 190 g/mol. The third-order valence-corrected chi connectivity index (χ3v) is 2.43. The average Bonchev–Trinajstić information content (AvgIpc) is 2.54. The van der Waals surface area contributed by atoms with Gasteiger partial charge in [-0.05, 0) is 35.7 Å². The normalized spacial score (nSPS) is 12.5. The zero-order chi connectivity index (χ0) is 9.52. The maximum Gasteiger partial charge on any atom is -0.00145 e. The first-order chi connectivity index (χ1) is 6.38. The van der Waals surface area contributed by atoms with Crippen molar-refractivity contribution in [3.05, 3.63) is 46.2 Å². The SMILES string of the molecule is C/C=C\C=C/c1cscc1/C=C/C. The highest BCUT2D eigenvalue weighted by Crippen LogP contribution is 2.18. The molecule has 0 aliphatic rings. The fourth-order valence-corrected chi connectivity index (χ4v) is 1.83. The van der Waals surface area contributed by atoms with Crippen LogP contribution in [0, 0.1) is 0 Å². The zero-order valence-corrected chi connectivity index (χ0v) is 8.84. The van der Waals surface area contributed by atoms with Crippen LogP contribution in [0.3, 0.4) is 0 Å². The molecular formula is C12H14S. The summed E-state index contributed by atoms with van der Waals surface area (Å²) in [4.78, 5) is 0. The van der Waals surface area contributed by atoms with Crippen LogP contribution >= 0.6 is 11.3 Å². The van der Waals surface area contributed by atoms with Gasteiger partial charge in [-0.3, -0.25) is 0 Å². The highest BCUT2D eigenvalue weighted by Gasteiger charge is 1.94. The molecule has 1 aromatic heterocycles. The highest BCUT2D eigenvalue weighted by atomic mass is 32.1. The number of hydrogen-bond acceptors (Lipinski definition) is 1. The third-order valence-electron chi connectivity index (χ3n) is 1.65. The number of hydrogen-bond donors (Lipinski definition) is 0. The lowest BCUT2D eigenvalue weighted by atomic mass is 10.2. The first-order valence-electron chi connectivity index (χ1n) is 4.36. The molecule has 0 bridgehead atoms. The van der Waals surface area contributed by atoms with Crippen LogP contribution in [0.4, 0.5) is 0 Å². The van der Waals surface area contributed by atoms with Crippen molar-refractivity contribution in [3.8, 4) is 0 Å². The minimum Gasteiger partial charge on any atom is -0.151 e. The Morgan fingerprint density at radius 3 is 2.23 bits per heavy atom. The van der Waals surface area contributed by atoms with E-state index in [0.29, 0.717) is 0 Å². The van der Waals surface area contributed by atoms with Crippen LogP contribution in [0.15, 0.2) is 35.1 Å². The highest BCUT2D eigenvalue weighted by molar-refractivity contribution is 7.08. The smallest absolute Gasteiger partial charge is 0.00145 e. The van der Waals surface area contributed by atoms with Crippen LogP contribution < -0.4 is 0 Å². The van der Waals surface area contributed by atoms with Gasteiger partial charge in [0, 0.05) is 0 Å². The maximum absolute atomic E-state index is 2.16. The van der Waals surface area contributed by atoms with Crippen molar-refractivity contribution >= 4 is 23.5 Å². The Morgan fingerprint density at radius 1 is 0.923 bits per heavy atom. The van der Waals surface area contributed by atoms with E-state index in [-0.39, 0.29) is 0 Å². The minimum atomic E-state index is 1.29. The lowest BCUT2D eigenvalue weighted by Gasteiger charge is -1.89. The summed E-state index contributed by atoms with van der Waals surface area (Å²) < 4.78 is 0. The fourth-order valence-electron chi connectivity index (χ4n) is 1.04. The molecule has 0 nitrogen and oxygen atoms in total. The largest absolute Gasteiger partial charge is 0.151 e. The molecule has 0 radical (unpaired) electrons. The van der Waals surface area contributed by atoms with E-state index in [9.17, 15) is 0 Å². The second-order valence-electron chi connectivity index (χ2n) is 2.67. The van der Waals surface area contributed by atoms with Gasteiger partial charge in [0.25, 0.3) is 0 Å². The van der Waals surface area contributed by atoms with Crippen LogP contribution in [-0.2, 0) is 0 Å². The zero-order valence-electron chi connectivity index (χ0n) is 8.03. The molecule has 1 aromatic rings. The summed E-state index contributed by atoms with van der Waals surface area (Å²) in [7, 11) is 0. The first-order valence-corrected chi connectivity index (χ1v) is 5.31. The second kappa shape index (κ2) is 5.55. The number of allylic oxidation sites excluding steroid dienone is 4. The van der Waals surface area contributed by atoms with Gasteiger partial charge in [-0.25, -0.2) is 0 Å². The maximum atomic E-state index is 2.16. The van der Waals surface area contributed by atoms with Crippen molar-refractivity contribution in [2.45, 2.75) is 13.8 Å². The summed E-state index contributed by atoms with van der Waals surface area (Å²) >= 11 is 1.74. The van der Waals surface area contributed by atoms with Crippen molar-refractivity contribution < 1.29 is 0 Å². The fraction of sp³-hybridized carbons (Fsp3) is 0.167. The predicted molar refractivity (Wildman–Crippen MR) is 62.9 cm³/mol. The number of rotatable bonds is 3. The van der Waals surface area contributed by atoms with Gasteiger partial charge in [-0.1, -0.05) is 36.5 Å². The van der Waals surface area contributed by atoms with E-state index in [4.69, 9.17) is 0 Å². The van der Waals surface area contributed by atoms with Crippen molar-refractivity contribution in [1.29, 1.82) is 0 Å². The molecule has 0 spiro atoms. The number of thiophene rings is 1. The van der Waals surface area contributed by atoms with Crippen LogP contribution in [0.1, 0.15) is 25.0 Å². The van der Waals surface area contributed by atoms with E-state index in [1.165, 1.54) is 11.1 Å². The first kappa shape index (κ1) is 10.0. The van der Waals surface area contributed by atoms with Gasteiger partial charge >= 0.3 is 0 Å². The standard InChI is InChI=1S/C12H14S/c1-3-5-6-8-12-10-13-9-11(12)7-4-2/h3-10H,1-2H3/b5-3-,7-4+,8-6-. The molecule has 0 aliphatic heterocycles.